The molecule has 0 saturated carbocycles. The molecular weight excluding hydrogens is 2280 g/mol. The summed E-state index contributed by atoms with van der Waals surface area (Å²) in [5.74, 6) is 0. The van der Waals surface area contributed by atoms with E-state index in [0.717, 1.165) is 65.1 Å². The van der Waals surface area contributed by atoms with Crippen molar-refractivity contribution in [1.29, 1.82) is 0 Å². The van der Waals surface area contributed by atoms with Gasteiger partial charge in [0.1, 0.15) is 0 Å². The summed E-state index contributed by atoms with van der Waals surface area (Å²) in [4.78, 5) is 366. The molecule has 8 atom stereocenters. The van der Waals surface area contributed by atoms with Crippen LogP contribution in [0.3, 0.4) is 0 Å². The molecule has 8 unspecified atom stereocenters. The molecule has 0 fully saturated rings. The van der Waals surface area contributed by atoms with E-state index in [2.05, 4.69) is 6.92 Å². The van der Waals surface area contributed by atoms with E-state index < -0.39 is 398 Å². The van der Waals surface area contributed by atoms with E-state index in [-0.39, 0.29) is 12.5 Å². The van der Waals surface area contributed by atoms with Crippen LogP contribution in [0.15, 0.2) is 0 Å². The molecule has 0 aromatic carbocycles. The van der Waals surface area contributed by atoms with E-state index in [1.165, 1.54) is 26.2 Å². The summed E-state index contributed by atoms with van der Waals surface area (Å²) in [6.45, 7) is -44.3. The maximum absolute atomic E-state index is 14.1. The minimum absolute atomic E-state index is 0.198. The van der Waals surface area contributed by atoms with Crippen molar-refractivity contribution < 1.29 is 205 Å². The Morgan fingerprint density at radius 2 is 0.646 bits per heavy atom. The van der Waals surface area contributed by atoms with E-state index in [9.17, 15) is 138 Å². The molecular formula is C22H138O45Si46. The smallest absolute Gasteiger partial charge is 0.338 e. The fraction of sp³-hybridized carbons (Fsp3) is 1.00. The minimum Gasteiger partial charge on any atom is -0.442 e. The van der Waals surface area contributed by atoms with Gasteiger partial charge in [0.15, 0.2) is 127 Å². The predicted octanol–water partition coefficient (Wildman–Crippen LogP) is -38.7. The first-order chi connectivity index (χ1) is 52.9. The van der Waals surface area contributed by atoms with Crippen LogP contribution in [0.4, 0.5) is 0 Å². The fourth-order valence-corrected chi connectivity index (χ4v) is 928. The molecule has 113 heavy (non-hydrogen) atoms. The lowest BCUT2D eigenvalue weighted by Gasteiger charge is -2.74. The molecule has 0 aliphatic carbocycles. The largest absolute Gasteiger partial charge is 0.442 e. The third-order valence-electron chi connectivity index (χ3n) is 20.1. The summed E-state index contributed by atoms with van der Waals surface area (Å²) >= 11 is 0. The maximum Gasteiger partial charge on any atom is 0.338 e. The number of rotatable bonds is 72. The van der Waals surface area contributed by atoms with Crippen molar-refractivity contribution in [1.82, 2.24) is 0 Å². The molecule has 45 nitrogen and oxygen atoms in total. The van der Waals surface area contributed by atoms with Crippen molar-refractivity contribution in [3.05, 3.63) is 0 Å². The fourth-order valence-electron chi connectivity index (χ4n) is 14.8. The topological polar surface area (TPSA) is 723 Å². The summed E-state index contributed by atoms with van der Waals surface area (Å²) in [6.07, 6.45) is 8.28. The molecule has 0 spiro atoms. The Balaban J connectivity index is 14.8. The summed E-state index contributed by atoms with van der Waals surface area (Å²) < 4.78 is 127. The van der Waals surface area contributed by atoms with Crippen LogP contribution >= 0.6 is 0 Å². The molecule has 0 saturated heterocycles. The van der Waals surface area contributed by atoms with Gasteiger partial charge >= 0.3 is 64.4 Å². The first-order valence-electron chi connectivity index (χ1n) is 36.5. The molecule has 680 valence electrons. The molecule has 0 amide bonds. The molecule has 0 aliphatic heterocycles. The SMILES string of the molecule is CCCCCCCCCCCC[Si](C)(O)O[Si](O[Si](O[Si](O[Si](C)(C)O[Si](C)(C)C)([Si](O[Si](O[SiH2]O)([SiH2]O)[SiH2]O)([Si](O[SiH2]O)([SiH2]O)[SiH2]O)[Si](O[SiH2]O)([SiH2]O)[SiH2]O)[Si](O[Si](O[SiH2]O)([SiH2]O)[SiH](C)O)([Si](O[SiH2]O)([SiH2]O)[SiH2]O)[Si](O[SiH](C)O)([Si](C)([SiH3])OC)[Si](O[SiH2]O)([SiH2]O)[SiH2]O)([Si](O[SiH2]O)([SiH2]O)[SiH2]O)[Si](O[SiH2]O)([SiH2]O)[SiH2]O)([SiH2]O)[SiH2]O. The molecule has 91 heteroatoms. The third kappa shape index (κ3) is 26.8. The van der Waals surface area contributed by atoms with Crippen molar-refractivity contribution in [2.75, 3.05) is 7.11 Å². The average Bonchev–Trinajstić information content (AvgIpc) is 0.627. The third-order valence-corrected chi connectivity index (χ3v) is 508. The Labute approximate surface area is 737 Å². The molecule has 0 heterocycles. The number of hydrogen-bond acceptors (Lipinski definition) is 45. The van der Waals surface area contributed by atoms with Crippen molar-refractivity contribution >= 4 is 398 Å². The van der Waals surface area contributed by atoms with E-state index in [4.69, 9.17) is 66.2 Å². The van der Waals surface area contributed by atoms with E-state index in [1.807, 2.05) is 0 Å². The second-order valence-electron chi connectivity index (χ2n) is 29.2. The average molecular weight is 2420 g/mol. The van der Waals surface area contributed by atoms with Crippen LogP contribution in [-0.2, 0) is 70.3 Å². The number of hydrogen-bond donors (Lipinski definition) is 28. The van der Waals surface area contributed by atoms with Gasteiger partial charge in [0.25, 0.3) is 108 Å². The van der Waals surface area contributed by atoms with E-state index >= 15 is 0 Å². The normalized spacial score (nSPS) is 24.8. The van der Waals surface area contributed by atoms with Gasteiger partial charge in [0.2, 0.25) is 89.3 Å². The van der Waals surface area contributed by atoms with Gasteiger partial charge in [-0.25, -0.2) is 0 Å². The highest BCUT2D eigenvalue weighted by Crippen LogP contribution is 2.57. The molecule has 0 aliphatic rings. The lowest BCUT2D eigenvalue weighted by Crippen LogP contribution is -3.17. The van der Waals surface area contributed by atoms with Gasteiger partial charge in [-0.05, 0) is 65.0 Å². The molecule has 0 bridgehead atoms. The quantitative estimate of drug-likeness (QED) is 0.0199. The van der Waals surface area contributed by atoms with E-state index in [0.29, 0.717) is 12.8 Å². The molecule has 0 aromatic rings. The second-order valence-corrected chi connectivity index (χ2v) is 294. The summed E-state index contributed by atoms with van der Waals surface area (Å²) in [6, 6.07) is -0.198. The zero-order valence-electron chi connectivity index (χ0n) is 67.1. The van der Waals surface area contributed by atoms with Crippen molar-refractivity contribution in [3.63, 3.8) is 0 Å². The number of unbranched alkanes of at least 4 members (excludes halogenated alkanes) is 9. The van der Waals surface area contributed by atoms with Gasteiger partial charge in [-0.1, -0.05) is 71.1 Å². The summed E-state index contributed by atoms with van der Waals surface area (Å²) in [5.41, 5.74) is 0. The molecule has 0 radical (unpaired) electrons. The zero-order valence-corrected chi connectivity index (χ0v) is 125. The van der Waals surface area contributed by atoms with Crippen LogP contribution < -0.4 is 0 Å². The van der Waals surface area contributed by atoms with Gasteiger partial charge in [-0.3, -0.25) is 0 Å². The highest BCUT2D eigenvalue weighted by atomic mass is 30.5. The van der Waals surface area contributed by atoms with Gasteiger partial charge < -0.3 is 205 Å². The van der Waals surface area contributed by atoms with Crippen molar-refractivity contribution in [2.24, 2.45) is 0 Å². The highest BCUT2D eigenvalue weighted by molar-refractivity contribution is 8.28. The Bertz CT molecular complexity index is 2520. The molecule has 0 rings (SSSR count). The Kier molecular flexibility index (Phi) is 59.6. The maximum atomic E-state index is 14.1. The first kappa shape index (κ1) is 121. The Morgan fingerprint density at radius 3 is 0.938 bits per heavy atom. The van der Waals surface area contributed by atoms with Gasteiger partial charge in [-0.15, -0.1) is 0 Å². The van der Waals surface area contributed by atoms with Crippen LogP contribution in [0.25, 0.3) is 0 Å². The standard InChI is InChI=1S/C22H138O45Si46/c1-12-13-14-15-16-17-18-19-20-21-22-98(10,50)63-101(79-33,80-34)64-103(105(82-36,83-37)54-71-25,106(84-38,85-39)55-72-26)67-104(62-97(8,9)61-96(5,6)7,112(108(88-42,89-43)57-74-28,109(90-44,91-45)58-75-29)65-100(77-31,78-32)52-69-23)113(110(92-46,93-47)59-76-30,66-102(81-35,53-70-24)95(4)49)111(60-94(3)48,99(11,68)51-2)107(86-40,87-41)56-73-27/h23-50,94-95H,12-22,69-93H2,1-11,68H3. The van der Waals surface area contributed by atoms with Crippen LogP contribution in [-0.4, -0.2) is 539 Å². The van der Waals surface area contributed by atoms with Gasteiger partial charge in [0.05, 0.1) is 0 Å². The van der Waals surface area contributed by atoms with E-state index in [1.54, 1.807) is 19.6 Å². The Morgan fingerprint density at radius 1 is 0.319 bits per heavy atom. The monoisotopic (exact) mass is 2410 g/mol. The minimum atomic E-state index is -8.13. The predicted molar refractivity (Wildman–Crippen MR) is 537 cm³/mol. The van der Waals surface area contributed by atoms with Gasteiger partial charge in [-0.2, -0.15) is 0 Å². The zero-order chi connectivity index (χ0) is 87.6. The first-order valence-corrected chi connectivity index (χ1v) is 153. The van der Waals surface area contributed by atoms with Crippen LogP contribution in [0.2, 0.25) is 65.0 Å². The highest BCUT2D eigenvalue weighted by Gasteiger charge is 3.03. The van der Waals surface area contributed by atoms with Crippen LogP contribution in [0.5, 0.6) is 0 Å². The van der Waals surface area contributed by atoms with Crippen molar-refractivity contribution in [3.8, 4) is 0 Å². The van der Waals surface area contributed by atoms with Crippen LogP contribution in [0.1, 0.15) is 71.1 Å². The van der Waals surface area contributed by atoms with Gasteiger partial charge in [0, 0.05) is 16.9 Å². The lowest BCUT2D eigenvalue weighted by molar-refractivity contribution is 0.282. The second kappa shape index (κ2) is 55.6. The lowest BCUT2D eigenvalue weighted by atomic mass is 10.1. The summed E-state index contributed by atoms with van der Waals surface area (Å²) in [7, 11) is -152. The molecule has 28 N–H and O–H groups in total. The molecule has 0 aromatic heterocycles. The van der Waals surface area contributed by atoms with Crippen LogP contribution in [0, 0.1) is 0 Å². The Hall–Kier alpha value is 8.18. The van der Waals surface area contributed by atoms with Crippen molar-refractivity contribution in [2.45, 2.75) is 136 Å². The summed E-state index contributed by atoms with van der Waals surface area (Å²) in [5, 5.41) is 0.